The van der Waals surface area contributed by atoms with Gasteiger partial charge in [0.05, 0.1) is 0 Å². The van der Waals surface area contributed by atoms with Crippen molar-refractivity contribution in [3.8, 4) is 0 Å². The van der Waals surface area contributed by atoms with Crippen molar-refractivity contribution in [2.24, 2.45) is 22.2 Å². The van der Waals surface area contributed by atoms with E-state index in [0.717, 1.165) is 18.5 Å². The molecule has 0 saturated heterocycles. The number of hydrogen-bond acceptors (Lipinski definition) is 2. The van der Waals surface area contributed by atoms with Crippen LogP contribution >= 0.6 is 0 Å². The van der Waals surface area contributed by atoms with Gasteiger partial charge in [0.1, 0.15) is 0 Å². The van der Waals surface area contributed by atoms with Crippen LogP contribution in [0.4, 0.5) is 0 Å². The molecule has 0 heterocycles. The molecule has 0 aromatic heterocycles. The molecule has 0 spiro atoms. The number of nitrogens with one attached hydrogen (secondary N) is 2. The molecule has 0 fully saturated rings. The third-order valence-electron chi connectivity index (χ3n) is 6.79. The van der Waals surface area contributed by atoms with Gasteiger partial charge in [0.15, 0.2) is 0 Å². The first-order valence-corrected chi connectivity index (χ1v) is 11.9. The molecular formula is C30H48N2. The van der Waals surface area contributed by atoms with Gasteiger partial charge in [-0.05, 0) is 89.6 Å². The molecule has 1 rings (SSSR count). The second kappa shape index (κ2) is 11.6. The maximum absolute atomic E-state index is 4.14. The van der Waals surface area contributed by atoms with Gasteiger partial charge in [-0.15, -0.1) is 6.58 Å². The van der Waals surface area contributed by atoms with Crippen LogP contribution in [0.2, 0.25) is 0 Å². The lowest BCUT2D eigenvalue weighted by atomic mass is 9.63. The van der Waals surface area contributed by atoms with Gasteiger partial charge in [-0.1, -0.05) is 79.3 Å². The fourth-order valence-electron chi connectivity index (χ4n) is 4.22. The zero-order chi connectivity index (χ0) is 24.6. The third kappa shape index (κ3) is 8.04. The minimum Gasteiger partial charge on any atom is -0.387 e. The molecular weight excluding hydrogens is 388 g/mol. The standard InChI is InChI=1S/C30H48N2/c1-12-25(28(5,6)7)21-24(23(3)4)22-32-19-14-18-31-20-15-27-26(13-2)29(8,9)16-17-30(27,10)11/h12-15,19-20,22,25,31-32H,1-3,16-18,21H2,4-11H3/b19-14+,20-15+,24-22-. The van der Waals surface area contributed by atoms with Gasteiger partial charge in [-0.25, -0.2) is 0 Å². The molecule has 178 valence electrons. The fourth-order valence-corrected chi connectivity index (χ4v) is 4.22. The van der Waals surface area contributed by atoms with Crippen molar-refractivity contribution in [1.82, 2.24) is 10.6 Å². The molecule has 0 saturated carbocycles. The van der Waals surface area contributed by atoms with Crippen LogP contribution in [0.3, 0.4) is 0 Å². The van der Waals surface area contributed by atoms with E-state index in [-0.39, 0.29) is 16.2 Å². The van der Waals surface area contributed by atoms with Crippen LogP contribution in [0.5, 0.6) is 0 Å². The first kappa shape index (κ1) is 27.8. The van der Waals surface area contributed by atoms with Crippen molar-refractivity contribution < 1.29 is 0 Å². The molecule has 2 heteroatoms. The molecule has 1 unspecified atom stereocenters. The van der Waals surface area contributed by atoms with Crippen LogP contribution in [0.25, 0.3) is 0 Å². The summed E-state index contributed by atoms with van der Waals surface area (Å²) in [7, 11) is 0. The van der Waals surface area contributed by atoms with E-state index < -0.39 is 0 Å². The van der Waals surface area contributed by atoms with Crippen LogP contribution in [-0.4, -0.2) is 6.54 Å². The summed E-state index contributed by atoms with van der Waals surface area (Å²) < 4.78 is 0. The Balaban J connectivity index is 2.70. The Kier molecular flexibility index (Phi) is 10.1. The zero-order valence-electron chi connectivity index (χ0n) is 22.1. The largest absolute Gasteiger partial charge is 0.387 e. The highest BCUT2D eigenvalue weighted by molar-refractivity contribution is 5.42. The van der Waals surface area contributed by atoms with Crippen LogP contribution in [0.1, 0.15) is 74.7 Å². The highest BCUT2D eigenvalue weighted by atomic mass is 14.8. The molecule has 1 aliphatic carbocycles. The Hall–Kier alpha value is -2.22. The van der Waals surface area contributed by atoms with E-state index in [1.54, 1.807) is 0 Å². The molecule has 0 aliphatic heterocycles. The van der Waals surface area contributed by atoms with E-state index in [4.69, 9.17) is 0 Å². The first-order chi connectivity index (χ1) is 14.8. The van der Waals surface area contributed by atoms with Crippen molar-refractivity contribution in [2.45, 2.75) is 74.7 Å². The van der Waals surface area contributed by atoms with E-state index >= 15 is 0 Å². The molecule has 1 atom stereocenters. The predicted molar refractivity (Wildman–Crippen MR) is 144 cm³/mol. The van der Waals surface area contributed by atoms with Crippen LogP contribution in [-0.2, 0) is 0 Å². The zero-order valence-corrected chi connectivity index (χ0v) is 22.1. The van der Waals surface area contributed by atoms with Crippen LogP contribution < -0.4 is 10.6 Å². The molecule has 0 radical (unpaired) electrons. The van der Waals surface area contributed by atoms with E-state index in [0.29, 0.717) is 5.92 Å². The van der Waals surface area contributed by atoms with E-state index in [1.165, 1.54) is 29.6 Å². The second-order valence-electron chi connectivity index (χ2n) is 11.5. The number of hydrogen-bond donors (Lipinski definition) is 2. The van der Waals surface area contributed by atoms with Crippen LogP contribution in [0.15, 0.2) is 84.9 Å². The lowest BCUT2D eigenvalue weighted by Gasteiger charge is -2.42. The monoisotopic (exact) mass is 436 g/mol. The van der Waals surface area contributed by atoms with Crippen LogP contribution in [0, 0.1) is 22.2 Å². The lowest BCUT2D eigenvalue weighted by Crippen LogP contribution is -2.29. The predicted octanol–water partition coefficient (Wildman–Crippen LogP) is 8.22. The summed E-state index contributed by atoms with van der Waals surface area (Å²) in [5, 5.41) is 6.69. The highest BCUT2D eigenvalue weighted by Gasteiger charge is 2.36. The smallest absolute Gasteiger partial charge is 0.0342 e. The normalized spacial score (nSPS) is 19.8. The molecule has 2 nitrogen and oxygen atoms in total. The summed E-state index contributed by atoms with van der Waals surface area (Å²) >= 11 is 0. The quantitative estimate of drug-likeness (QED) is 0.194. The maximum atomic E-state index is 4.14. The molecule has 0 amide bonds. The first-order valence-electron chi connectivity index (χ1n) is 11.9. The van der Waals surface area contributed by atoms with Gasteiger partial charge in [0, 0.05) is 12.7 Å². The van der Waals surface area contributed by atoms with Gasteiger partial charge in [0.25, 0.3) is 0 Å². The van der Waals surface area contributed by atoms with Gasteiger partial charge in [-0.2, -0.15) is 0 Å². The van der Waals surface area contributed by atoms with Gasteiger partial charge >= 0.3 is 0 Å². The van der Waals surface area contributed by atoms with E-state index in [9.17, 15) is 0 Å². The maximum Gasteiger partial charge on any atom is 0.0342 e. The highest BCUT2D eigenvalue weighted by Crippen LogP contribution is 2.49. The van der Waals surface area contributed by atoms with Crippen molar-refractivity contribution in [1.29, 1.82) is 0 Å². The second-order valence-corrected chi connectivity index (χ2v) is 11.5. The summed E-state index contributed by atoms with van der Waals surface area (Å²) in [6.07, 6.45) is 17.9. The summed E-state index contributed by atoms with van der Waals surface area (Å²) in [5.74, 6) is 0.409. The van der Waals surface area contributed by atoms with Gasteiger partial charge in [0.2, 0.25) is 0 Å². The van der Waals surface area contributed by atoms with Crippen molar-refractivity contribution in [3.63, 3.8) is 0 Å². The Morgan fingerprint density at radius 3 is 2.12 bits per heavy atom. The number of rotatable bonds is 11. The number of allylic oxidation sites excluding steroid dienone is 7. The molecule has 1 aliphatic rings. The van der Waals surface area contributed by atoms with E-state index in [2.05, 4.69) is 116 Å². The van der Waals surface area contributed by atoms with E-state index in [1.807, 2.05) is 12.3 Å². The fraction of sp³-hybridized carbons (Fsp3) is 0.533. The SMILES string of the molecule is C=CC1=C(/C=C/NC/C=C/N/C=C(/CC(C=C)C(C)(C)C)C(=C)C)C(C)(C)CCC1(C)C. The minimum absolute atomic E-state index is 0.175. The lowest BCUT2D eigenvalue weighted by molar-refractivity contribution is 0.273. The average Bonchev–Trinajstić information content (AvgIpc) is 2.67. The summed E-state index contributed by atoms with van der Waals surface area (Å²) in [5.41, 5.74) is 5.63. The molecule has 0 aromatic carbocycles. The Morgan fingerprint density at radius 2 is 1.62 bits per heavy atom. The summed E-state index contributed by atoms with van der Waals surface area (Å²) in [6, 6.07) is 0. The summed E-state index contributed by atoms with van der Waals surface area (Å²) in [6.45, 7) is 31.1. The molecule has 0 bridgehead atoms. The Bertz CT molecular complexity index is 791. The van der Waals surface area contributed by atoms with Crippen molar-refractivity contribution in [3.05, 3.63) is 84.9 Å². The van der Waals surface area contributed by atoms with Crippen molar-refractivity contribution >= 4 is 0 Å². The molecule has 2 N–H and O–H groups in total. The minimum atomic E-state index is 0.175. The van der Waals surface area contributed by atoms with Crippen molar-refractivity contribution in [2.75, 3.05) is 6.54 Å². The van der Waals surface area contributed by atoms with Gasteiger partial charge < -0.3 is 10.6 Å². The Labute approximate surface area is 199 Å². The third-order valence-corrected chi connectivity index (χ3v) is 6.79. The van der Waals surface area contributed by atoms with Gasteiger partial charge in [-0.3, -0.25) is 0 Å². The average molecular weight is 437 g/mol. The molecule has 32 heavy (non-hydrogen) atoms. The molecule has 0 aromatic rings. The summed E-state index contributed by atoms with van der Waals surface area (Å²) in [4.78, 5) is 0. The Morgan fingerprint density at radius 1 is 1.03 bits per heavy atom. The topological polar surface area (TPSA) is 24.1 Å².